The van der Waals surface area contributed by atoms with Crippen LogP contribution in [0.2, 0.25) is 0 Å². The third-order valence-electron chi connectivity index (χ3n) is 4.96. The highest BCUT2D eigenvalue weighted by Crippen LogP contribution is 2.18. The first-order valence-corrected chi connectivity index (χ1v) is 10.3. The van der Waals surface area contributed by atoms with Crippen molar-refractivity contribution in [3.63, 3.8) is 0 Å². The topological polar surface area (TPSA) is 78.7 Å². The maximum Gasteiger partial charge on any atom is 0.254 e. The summed E-state index contributed by atoms with van der Waals surface area (Å²) in [6, 6.07) is 9.40. The molecule has 146 valence electrons. The van der Waals surface area contributed by atoms with E-state index in [1.807, 2.05) is 46.0 Å². The summed E-state index contributed by atoms with van der Waals surface area (Å²) in [7, 11) is 0. The molecule has 1 fully saturated rings. The number of nitrogens with one attached hydrogen (secondary N) is 1. The van der Waals surface area contributed by atoms with Crippen molar-refractivity contribution in [2.45, 2.75) is 6.42 Å². The number of carbonyl (C=O) groups is 2. The zero-order chi connectivity index (χ0) is 19.3. The van der Waals surface area contributed by atoms with E-state index in [2.05, 4.69) is 15.4 Å². The van der Waals surface area contributed by atoms with E-state index in [0.717, 1.165) is 30.6 Å². The number of thiophene rings is 1. The van der Waals surface area contributed by atoms with Gasteiger partial charge in [0.15, 0.2) is 5.58 Å². The number of benzene rings is 1. The van der Waals surface area contributed by atoms with Gasteiger partial charge in [-0.1, -0.05) is 17.3 Å². The molecule has 1 saturated heterocycles. The summed E-state index contributed by atoms with van der Waals surface area (Å²) in [4.78, 5) is 28.7. The Kier molecular flexibility index (Phi) is 5.68. The number of amides is 2. The van der Waals surface area contributed by atoms with Gasteiger partial charge in [0.05, 0.1) is 12.0 Å². The van der Waals surface area contributed by atoms with E-state index in [4.69, 9.17) is 4.52 Å². The molecule has 8 heteroatoms. The molecule has 3 heterocycles. The van der Waals surface area contributed by atoms with E-state index in [1.165, 1.54) is 11.3 Å². The highest BCUT2D eigenvalue weighted by molar-refractivity contribution is 7.08. The summed E-state index contributed by atoms with van der Waals surface area (Å²) in [5.74, 6) is 0.0411. The third kappa shape index (κ3) is 4.23. The van der Waals surface area contributed by atoms with Crippen LogP contribution in [0.4, 0.5) is 0 Å². The van der Waals surface area contributed by atoms with Crippen LogP contribution in [0.15, 0.2) is 45.6 Å². The number of nitrogens with zero attached hydrogens (tertiary/aromatic N) is 3. The van der Waals surface area contributed by atoms with Gasteiger partial charge in [0, 0.05) is 50.0 Å². The molecule has 2 amide bonds. The molecule has 2 aromatic heterocycles. The van der Waals surface area contributed by atoms with Gasteiger partial charge in [-0.25, -0.2) is 0 Å². The monoisotopic (exact) mass is 398 g/mol. The molecule has 1 aromatic carbocycles. The van der Waals surface area contributed by atoms with Crippen molar-refractivity contribution in [3.8, 4) is 0 Å². The maximum absolute atomic E-state index is 12.4. The summed E-state index contributed by atoms with van der Waals surface area (Å²) < 4.78 is 5.24. The molecule has 0 aliphatic carbocycles. The van der Waals surface area contributed by atoms with Crippen LogP contribution >= 0.6 is 11.3 Å². The van der Waals surface area contributed by atoms with E-state index >= 15 is 0 Å². The van der Waals surface area contributed by atoms with Crippen molar-refractivity contribution in [1.29, 1.82) is 0 Å². The molecule has 3 aromatic rings. The van der Waals surface area contributed by atoms with Crippen LogP contribution in [-0.4, -0.2) is 66.0 Å². The quantitative estimate of drug-likeness (QED) is 0.687. The van der Waals surface area contributed by atoms with E-state index in [0.29, 0.717) is 30.9 Å². The smallest absolute Gasteiger partial charge is 0.254 e. The van der Waals surface area contributed by atoms with Crippen molar-refractivity contribution in [2.75, 3.05) is 39.3 Å². The first-order chi connectivity index (χ1) is 13.7. The second kappa shape index (κ2) is 8.53. The molecule has 1 aliphatic rings. The second-order valence-corrected chi connectivity index (χ2v) is 7.58. The Hall–Kier alpha value is -2.71. The number of hydrogen-bond acceptors (Lipinski definition) is 6. The van der Waals surface area contributed by atoms with Gasteiger partial charge in [0.1, 0.15) is 5.69 Å². The zero-order valence-electron chi connectivity index (χ0n) is 15.5. The van der Waals surface area contributed by atoms with Gasteiger partial charge in [0.2, 0.25) is 5.91 Å². The molecule has 0 bridgehead atoms. The summed E-state index contributed by atoms with van der Waals surface area (Å²) in [5, 5.41) is 11.6. The fourth-order valence-electron chi connectivity index (χ4n) is 3.38. The lowest BCUT2D eigenvalue weighted by Gasteiger charge is -2.34. The normalized spacial score (nSPS) is 15.1. The second-order valence-electron chi connectivity index (χ2n) is 6.80. The molecule has 1 aliphatic heterocycles. The van der Waals surface area contributed by atoms with Crippen molar-refractivity contribution in [1.82, 2.24) is 20.3 Å². The van der Waals surface area contributed by atoms with Gasteiger partial charge in [-0.2, -0.15) is 11.3 Å². The Bertz CT molecular complexity index is 945. The minimum atomic E-state index is -0.0645. The van der Waals surface area contributed by atoms with Crippen LogP contribution in [0.3, 0.4) is 0 Å². The number of fused-ring (bicyclic) bond motifs is 1. The molecule has 7 nitrogen and oxygen atoms in total. The molecule has 0 atom stereocenters. The van der Waals surface area contributed by atoms with Crippen LogP contribution in [0.25, 0.3) is 11.0 Å². The van der Waals surface area contributed by atoms with Crippen LogP contribution < -0.4 is 5.32 Å². The standard InChI is InChI=1S/C20H22N4O3S/c25-19(13-17-16-3-1-2-4-18(16)27-22-17)21-6-7-23-8-10-24(11-9-23)20(26)15-5-12-28-14-15/h1-5,12,14H,6-11,13H2,(H,21,25). The Balaban J connectivity index is 1.19. The van der Waals surface area contributed by atoms with E-state index in [1.54, 1.807) is 0 Å². The first-order valence-electron chi connectivity index (χ1n) is 9.34. The van der Waals surface area contributed by atoms with Crippen molar-refractivity contribution in [2.24, 2.45) is 0 Å². The molecular formula is C20H22N4O3S. The number of hydrogen-bond donors (Lipinski definition) is 1. The number of aromatic nitrogens is 1. The van der Waals surface area contributed by atoms with Crippen molar-refractivity contribution >= 4 is 34.1 Å². The van der Waals surface area contributed by atoms with Crippen molar-refractivity contribution < 1.29 is 14.1 Å². The zero-order valence-corrected chi connectivity index (χ0v) is 16.3. The fraction of sp³-hybridized carbons (Fsp3) is 0.350. The molecule has 4 rings (SSSR count). The lowest BCUT2D eigenvalue weighted by Crippen LogP contribution is -2.50. The minimum absolute atomic E-state index is 0.0645. The van der Waals surface area contributed by atoms with E-state index in [9.17, 15) is 9.59 Å². The molecular weight excluding hydrogens is 376 g/mol. The highest BCUT2D eigenvalue weighted by Gasteiger charge is 2.22. The van der Waals surface area contributed by atoms with Crippen LogP contribution in [0.1, 0.15) is 16.1 Å². The van der Waals surface area contributed by atoms with Gasteiger partial charge < -0.3 is 14.7 Å². The largest absolute Gasteiger partial charge is 0.356 e. The SMILES string of the molecule is O=C(Cc1noc2ccccc12)NCCN1CCN(C(=O)c2ccsc2)CC1. The molecule has 0 radical (unpaired) electrons. The minimum Gasteiger partial charge on any atom is -0.356 e. The summed E-state index contributed by atoms with van der Waals surface area (Å²) in [6.45, 7) is 4.42. The van der Waals surface area contributed by atoms with Gasteiger partial charge in [-0.05, 0) is 23.6 Å². The Morgan fingerprint density at radius 1 is 1.14 bits per heavy atom. The van der Waals surface area contributed by atoms with Gasteiger partial charge in [0.25, 0.3) is 5.91 Å². The van der Waals surface area contributed by atoms with Gasteiger partial charge >= 0.3 is 0 Å². The molecule has 28 heavy (non-hydrogen) atoms. The summed E-state index contributed by atoms with van der Waals surface area (Å²) in [6.07, 6.45) is 0.208. The number of piperazine rings is 1. The summed E-state index contributed by atoms with van der Waals surface area (Å²) >= 11 is 1.54. The van der Waals surface area contributed by atoms with E-state index in [-0.39, 0.29) is 18.2 Å². The molecule has 1 N–H and O–H groups in total. The average Bonchev–Trinajstić information content (AvgIpc) is 3.39. The highest BCUT2D eigenvalue weighted by atomic mass is 32.1. The lowest BCUT2D eigenvalue weighted by molar-refractivity contribution is -0.120. The van der Waals surface area contributed by atoms with Gasteiger partial charge in [-0.3, -0.25) is 14.5 Å². The Labute approximate surface area is 166 Å². The maximum atomic E-state index is 12.4. The number of carbonyl (C=O) groups excluding carboxylic acids is 2. The van der Waals surface area contributed by atoms with Gasteiger partial charge in [-0.15, -0.1) is 0 Å². The third-order valence-corrected chi connectivity index (χ3v) is 5.64. The Morgan fingerprint density at radius 3 is 2.75 bits per heavy atom. The predicted molar refractivity (Wildman–Crippen MR) is 107 cm³/mol. The molecule has 0 spiro atoms. The average molecular weight is 398 g/mol. The van der Waals surface area contributed by atoms with Crippen LogP contribution in [-0.2, 0) is 11.2 Å². The molecule has 0 saturated carbocycles. The fourth-order valence-corrected chi connectivity index (χ4v) is 4.01. The molecule has 0 unspecified atom stereocenters. The predicted octanol–water partition coefficient (Wildman–Crippen LogP) is 2.01. The Morgan fingerprint density at radius 2 is 1.96 bits per heavy atom. The van der Waals surface area contributed by atoms with Crippen LogP contribution in [0.5, 0.6) is 0 Å². The first kappa shape index (κ1) is 18.6. The van der Waals surface area contributed by atoms with Crippen molar-refractivity contribution in [3.05, 3.63) is 52.3 Å². The van der Waals surface area contributed by atoms with E-state index < -0.39 is 0 Å². The van der Waals surface area contributed by atoms with Crippen LogP contribution in [0, 0.1) is 0 Å². The number of rotatable bonds is 6. The summed E-state index contributed by atoms with van der Waals surface area (Å²) in [5.41, 5.74) is 2.12. The number of para-hydroxylation sites is 1. The lowest BCUT2D eigenvalue weighted by atomic mass is 10.1.